The Hall–Kier alpha value is 5.86. The van der Waals surface area contributed by atoms with Gasteiger partial charge in [-0.15, -0.1) is 0 Å². The van der Waals surface area contributed by atoms with Crippen LogP contribution in [0.5, 0.6) is 0 Å². The van der Waals surface area contributed by atoms with Crippen molar-refractivity contribution in [2.24, 2.45) is 0 Å². The van der Waals surface area contributed by atoms with Gasteiger partial charge in [-0.25, -0.2) is 0 Å². The van der Waals surface area contributed by atoms with E-state index in [1.165, 1.54) is 0 Å². The standard InChI is InChI=1S/4BO3.3Ca.3Mg/c4*2-1(3)4;;;;;;/q4*-3;6*+2. The van der Waals surface area contributed by atoms with Crippen LogP contribution in [0.15, 0.2) is 0 Å². The minimum absolute atomic E-state index is 0. The molecular formula is B4Ca3Mg3O12. The van der Waals surface area contributed by atoms with Crippen molar-refractivity contribution in [1.82, 2.24) is 0 Å². The van der Waals surface area contributed by atoms with Crippen LogP contribution in [-0.2, 0) is 0 Å². The van der Waals surface area contributed by atoms with Crippen LogP contribution < -0.4 is 60.3 Å². The van der Waals surface area contributed by atoms with Crippen molar-refractivity contribution in [2.45, 2.75) is 0 Å². The molecule has 0 unspecified atom stereocenters. The SMILES string of the molecule is [Ca+2].[Ca+2].[Ca+2].[Mg+2].[Mg+2].[Mg+2].[O-]B([O-])[O-].[O-]B([O-])[O-].[O-]B([O-])[O-].[O-]B([O-])[O-]. The maximum atomic E-state index is 8.42. The van der Waals surface area contributed by atoms with E-state index in [4.69, 9.17) is 60.3 Å². The first-order chi connectivity index (χ1) is 6.93. The molecule has 0 spiro atoms. The van der Waals surface area contributed by atoms with Crippen molar-refractivity contribution in [2.75, 3.05) is 0 Å². The molecule has 0 aliphatic rings. The van der Waals surface area contributed by atoms with Crippen LogP contribution in [0.2, 0.25) is 0 Å². The van der Waals surface area contributed by atoms with Crippen molar-refractivity contribution in [3.05, 3.63) is 0 Å². The summed E-state index contributed by atoms with van der Waals surface area (Å²) in [4.78, 5) is 0. The van der Waals surface area contributed by atoms with Crippen LogP contribution in [0.3, 0.4) is 0 Å². The summed E-state index contributed by atoms with van der Waals surface area (Å²) < 4.78 is 0. The average molecular weight is 428 g/mol. The van der Waals surface area contributed by atoms with Crippen molar-refractivity contribution < 1.29 is 60.3 Å². The zero-order chi connectivity index (χ0) is 14.3. The van der Waals surface area contributed by atoms with E-state index in [2.05, 4.69) is 0 Å². The van der Waals surface area contributed by atoms with E-state index in [1.807, 2.05) is 0 Å². The third kappa shape index (κ3) is 466. The molecule has 12 nitrogen and oxygen atoms in total. The number of hydrogen-bond donors (Lipinski definition) is 0. The number of rotatable bonds is 0. The third-order valence-corrected chi connectivity index (χ3v) is 0. The molecule has 0 aliphatic heterocycles. The van der Waals surface area contributed by atoms with Gasteiger partial charge in [0.2, 0.25) is 0 Å². The van der Waals surface area contributed by atoms with Gasteiger partial charge in [0, 0.05) is 0 Å². The van der Waals surface area contributed by atoms with E-state index in [1.54, 1.807) is 0 Å². The Labute approximate surface area is 266 Å². The largest absolute Gasteiger partial charge is 2.00 e. The maximum Gasteiger partial charge on any atom is 2.00 e. The minimum Gasteiger partial charge on any atom is -0.907 e. The van der Waals surface area contributed by atoms with Gasteiger partial charge in [0.1, 0.15) is 0 Å². The molecule has 0 amide bonds. The van der Waals surface area contributed by atoms with Crippen LogP contribution in [0, 0.1) is 0 Å². The normalized spacial score (nSPS) is 4.91. The molecule has 0 saturated heterocycles. The minimum atomic E-state index is -2.92. The van der Waals surface area contributed by atoms with Gasteiger partial charge in [0.05, 0.1) is 0 Å². The summed E-state index contributed by atoms with van der Waals surface area (Å²) in [7, 11) is -11.7. The van der Waals surface area contributed by atoms with Gasteiger partial charge in [-0.3, -0.25) is 29.3 Å². The monoisotopic (exact) mass is 428 g/mol. The molecule has 0 fully saturated rings. The Bertz CT molecular complexity index is 80.6. The molecule has 0 rings (SSSR count). The third-order valence-electron chi connectivity index (χ3n) is 0. The first-order valence-corrected chi connectivity index (χ1v) is 2.83. The Balaban J connectivity index is -0.00000001000. The van der Waals surface area contributed by atoms with Crippen molar-refractivity contribution in [3.63, 3.8) is 0 Å². The molecule has 96 valence electrons. The molecule has 0 aromatic rings. The second-order valence-electron chi connectivity index (χ2n) is 1.15. The van der Waals surface area contributed by atoms with Crippen molar-refractivity contribution >= 4 is 212 Å². The molecule has 22 heavy (non-hydrogen) atoms. The van der Waals surface area contributed by atoms with Crippen LogP contribution in [-0.4, -0.2) is 212 Å². The zero-order valence-electron chi connectivity index (χ0n) is 11.5. The van der Waals surface area contributed by atoms with E-state index in [-0.39, 0.29) is 182 Å². The molecule has 0 N–H and O–H groups in total. The fraction of sp³-hybridized carbons (Fsp3) is 0. The summed E-state index contributed by atoms with van der Waals surface area (Å²) in [6, 6.07) is 0. The van der Waals surface area contributed by atoms with Gasteiger partial charge < -0.3 is 60.3 Å². The van der Waals surface area contributed by atoms with E-state index in [0.29, 0.717) is 0 Å². The second-order valence-corrected chi connectivity index (χ2v) is 1.15. The molecular weight excluding hydrogens is 428 g/mol. The molecule has 22 heteroatoms. The molecule has 0 bridgehead atoms. The van der Waals surface area contributed by atoms with Crippen LogP contribution in [0.25, 0.3) is 0 Å². The Morgan fingerprint density at radius 2 is 0.273 bits per heavy atom. The zero-order valence-corrected chi connectivity index (χ0v) is 22.3. The average Bonchev–Trinajstić information content (AvgIpc) is 1.76. The Morgan fingerprint density at radius 3 is 0.273 bits per heavy atom. The van der Waals surface area contributed by atoms with Gasteiger partial charge in [0.15, 0.2) is 0 Å². The van der Waals surface area contributed by atoms with E-state index >= 15 is 0 Å². The van der Waals surface area contributed by atoms with Gasteiger partial charge in [-0.2, -0.15) is 0 Å². The molecule has 0 aliphatic carbocycles. The molecule has 0 heterocycles. The molecule has 0 atom stereocenters. The predicted octanol–water partition coefficient (Wildman–Crippen LogP) is -18.1. The molecule has 0 aromatic carbocycles. The summed E-state index contributed by atoms with van der Waals surface area (Å²) in [5.41, 5.74) is 0. The first-order valence-electron chi connectivity index (χ1n) is 2.83. The fourth-order valence-corrected chi connectivity index (χ4v) is 0. The Morgan fingerprint density at radius 1 is 0.273 bits per heavy atom. The number of hydrogen-bond acceptors (Lipinski definition) is 12. The van der Waals surface area contributed by atoms with Crippen molar-refractivity contribution in [3.8, 4) is 0 Å². The molecule has 0 radical (unpaired) electrons. The maximum absolute atomic E-state index is 8.42. The molecule has 0 aromatic heterocycles. The van der Waals surface area contributed by atoms with Gasteiger partial charge >= 0.3 is 182 Å². The smallest absolute Gasteiger partial charge is 0.907 e. The predicted molar refractivity (Wildman–Crippen MR) is 57.5 cm³/mol. The van der Waals surface area contributed by atoms with Crippen LogP contribution >= 0.6 is 0 Å². The van der Waals surface area contributed by atoms with Crippen LogP contribution in [0.1, 0.15) is 0 Å². The summed E-state index contributed by atoms with van der Waals surface area (Å²) in [6.07, 6.45) is 0. The Kier molecular flexibility index (Phi) is 161. The van der Waals surface area contributed by atoms with E-state index in [0.717, 1.165) is 0 Å². The summed E-state index contributed by atoms with van der Waals surface area (Å²) in [5.74, 6) is 0. The van der Waals surface area contributed by atoms with Gasteiger partial charge in [0.25, 0.3) is 0 Å². The first kappa shape index (κ1) is 63.0. The van der Waals surface area contributed by atoms with E-state index < -0.39 is 29.3 Å². The summed E-state index contributed by atoms with van der Waals surface area (Å²) in [5, 5.41) is 101. The fourth-order valence-electron chi connectivity index (χ4n) is 0. The van der Waals surface area contributed by atoms with E-state index in [9.17, 15) is 0 Å². The quantitative estimate of drug-likeness (QED) is 0.325. The second kappa shape index (κ2) is 56.3. The molecule has 0 saturated carbocycles. The van der Waals surface area contributed by atoms with Gasteiger partial charge in [-0.05, 0) is 0 Å². The van der Waals surface area contributed by atoms with Gasteiger partial charge in [-0.1, -0.05) is 0 Å². The summed E-state index contributed by atoms with van der Waals surface area (Å²) >= 11 is 0. The summed E-state index contributed by atoms with van der Waals surface area (Å²) in [6.45, 7) is 0. The van der Waals surface area contributed by atoms with Crippen molar-refractivity contribution in [1.29, 1.82) is 0 Å². The van der Waals surface area contributed by atoms with Crippen LogP contribution in [0.4, 0.5) is 0 Å². The topological polar surface area (TPSA) is 277 Å².